The van der Waals surface area contributed by atoms with Crippen LogP contribution in [0.2, 0.25) is 0 Å². The van der Waals surface area contributed by atoms with Crippen LogP contribution in [0.1, 0.15) is 35.2 Å². The minimum atomic E-state index is -0.0158. The number of methoxy groups -OCH3 is 2. The highest BCUT2D eigenvalue weighted by molar-refractivity contribution is 5.72. The molecule has 1 heterocycles. The van der Waals surface area contributed by atoms with Crippen molar-refractivity contribution < 1.29 is 14.3 Å². The van der Waals surface area contributed by atoms with Gasteiger partial charge in [0.15, 0.2) is 11.5 Å². The molecule has 0 aromatic heterocycles. The summed E-state index contributed by atoms with van der Waals surface area (Å²) in [6.45, 7) is 6.01. The molecule has 0 bridgehead atoms. The lowest BCUT2D eigenvalue weighted by Gasteiger charge is -2.38. The Bertz CT molecular complexity index is 802. The summed E-state index contributed by atoms with van der Waals surface area (Å²) in [5.74, 6) is 1.46. The molecule has 1 amide bonds. The van der Waals surface area contributed by atoms with Gasteiger partial charge in [0.25, 0.3) is 0 Å². The predicted octanol–water partition coefficient (Wildman–Crippen LogP) is 3.25. The fourth-order valence-electron chi connectivity index (χ4n) is 3.68. The van der Waals surface area contributed by atoms with Crippen LogP contribution in [-0.4, -0.2) is 38.1 Å². The Morgan fingerprint density at radius 3 is 2.44 bits per heavy atom. The molecule has 0 radical (unpaired) electrons. The number of carbonyl (C=O) groups excluding carboxylic acids is 1. The number of aryl methyl sites for hydroxylation is 1. The monoisotopic (exact) mass is 368 g/mol. The number of benzene rings is 2. The molecule has 1 atom stereocenters. The maximum atomic E-state index is 11.6. The standard InChI is InChI=1S/C22H28N2O3/c1-15-5-7-17(8-6-15)14-24-10-9-18-11-21(26-3)22(27-4)12-19(18)20(24)13-23-16(2)25/h5-8,11-12,20H,9-10,13-14H2,1-4H3,(H,23,25)/t20-/m1/s1. The molecule has 1 aliphatic heterocycles. The van der Waals surface area contributed by atoms with Gasteiger partial charge in [-0.3, -0.25) is 9.69 Å². The average Bonchev–Trinajstić information content (AvgIpc) is 2.67. The van der Waals surface area contributed by atoms with Crippen LogP contribution in [-0.2, 0) is 17.8 Å². The fourth-order valence-corrected chi connectivity index (χ4v) is 3.68. The quantitative estimate of drug-likeness (QED) is 0.850. The molecule has 0 aliphatic carbocycles. The van der Waals surface area contributed by atoms with E-state index >= 15 is 0 Å². The van der Waals surface area contributed by atoms with Gasteiger partial charge < -0.3 is 14.8 Å². The number of fused-ring (bicyclic) bond motifs is 1. The molecule has 2 aromatic carbocycles. The van der Waals surface area contributed by atoms with E-state index in [-0.39, 0.29) is 11.9 Å². The molecule has 0 unspecified atom stereocenters. The summed E-state index contributed by atoms with van der Waals surface area (Å²) < 4.78 is 11.0. The van der Waals surface area contributed by atoms with E-state index < -0.39 is 0 Å². The van der Waals surface area contributed by atoms with Crippen molar-refractivity contribution >= 4 is 5.91 Å². The van der Waals surface area contributed by atoms with Crippen molar-refractivity contribution in [2.24, 2.45) is 0 Å². The predicted molar refractivity (Wildman–Crippen MR) is 106 cm³/mol. The van der Waals surface area contributed by atoms with E-state index in [0.717, 1.165) is 31.0 Å². The Labute approximate surface area is 161 Å². The zero-order chi connectivity index (χ0) is 19.4. The lowest BCUT2D eigenvalue weighted by Crippen LogP contribution is -2.41. The molecule has 5 nitrogen and oxygen atoms in total. The van der Waals surface area contributed by atoms with Crippen molar-refractivity contribution in [3.63, 3.8) is 0 Å². The summed E-state index contributed by atoms with van der Waals surface area (Å²) in [7, 11) is 3.31. The van der Waals surface area contributed by atoms with Crippen LogP contribution in [0.15, 0.2) is 36.4 Å². The number of hydrogen-bond donors (Lipinski definition) is 1. The van der Waals surface area contributed by atoms with Crippen LogP contribution in [0.3, 0.4) is 0 Å². The maximum Gasteiger partial charge on any atom is 0.216 e. The summed E-state index contributed by atoms with van der Waals surface area (Å²) in [4.78, 5) is 14.0. The van der Waals surface area contributed by atoms with Crippen LogP contribution in [0.25, 0.3) is 0 Å². The number of hydrogen-bond acceptors (Lipinski definition) is 4. The third kappa shape index (κ3) is 4.42. The van der Waals surface area contributed by atoms with Crippen LogP contribution in [0.5, 0.6) is 11.5 Å². The molecule has 0 fully saturated rings. The van der Waals surface area contributed by atoms with Gasteiger partial charge in [0.2, 0.25) is 5.91 Å². The normalized spacial score (nSPS) is 16.5. The zero-order valence-corrected chi connectivity index (χ0v) is 16.5. The molecule has 1 aliphatic rings. The number of nitrogens with one attached hydrogen (secondary N) is 1. The minimum absolute atomic E-state index is 0.0158. The van der Waals surface area contributed by atoms with E-state index in [1.54, 1.807) is 21.1 Å². The Kier molecular flexibility index (Phi) is 6.01. The molecular formula is C22H28N2O3. The summed E-state index contributed by atoms with van der Waals surface area (Å²) in [5, 5.41) is 2.99. The highest BCUT2D eigenvalue weighted by Gasteiger charge is 2.29. The second-order valence-corrected chi connectivity index (χ2v) is 7.06. The van der Waals surface area contributed by atoms with Crippen LogP contribution in [0, 0.1) is 6.92 Å². The molecular weight excluding hydrogens is 340 g/mol. The van der Waals surface area contributed by atoms with Crippen molar-refractivity contribution in [3.05, 3.63) is 58.7 Å². The minimum Gasteiger partial charge on any atom is -0.493 e. The van der Waals surface area contributed by atoms with E-state index in [2.05, 4.69) is 53.5 Å². The van der Waals surface area contributed by atoms with Crippen LogP contribution >= 0.6 is 0 Å². The lowest BCUT2D eigenvalue weighted by atomic mass is 9.91. The summed E-state index contributed by atoms with van der Waals surface area (Å²) >= 11 is 0. The van der Waals surface area contributed by atoms with E-state index in [1.165, 1.54) is 22.3 Å². The third-order valence-corrected chi connectivity index (χ3v) is 5.16. The smallest absolute Gasteiger partial charge is 0.216 e. The van der Waals surface area contributed by atoms with Gasteiger partial charge in [-0.1, -0.05) is 29.8 Å². The number of rotatable bonds is 6. The SMILES string of the molecule is COc1cc2c(cc1OC)[C@@H](CNC(C)=O)N(Cc1ccc(C)cc1)CC2. The molecule has 27 heavy (non-hydrogen) atoms. The van der Waals surface area contributed by atoms with E-state index in [0.29, 0.717) is 6.54 Å². The van der Waals surface area contributed by atoms with E-state index in [1.807, 2.05) is 0 Å². The molecule has 0 spiro atoms. The maximum absolute atomic E-state index is 11.6. The Morgan fingerprint density at radius 2 is 1.81 bits per heavy atom. The van der Waals surface area contributed by atoms with Crippen LogP contribution < -0.4 is 14.8 Å². The largest absolute Gasteiger partial charge is 0.493 e. The number of amides is 1. The fraction of sp³-hybridized carbons (Fsp3) is 0.409. The Morgan fingerprint density at radius 1 is 1.15 bits per heavy atom. The average molecular weight is 368 g/mol. The topological polar surface area (TPSA) is 50.8 Å². The molecule has 0 saturated heterocycles. The second-order valence-electron chi connectivity index (χ2n) is 7.06. The van der Waals surface area contributed by atoms with E-state index in [9.17, 15) is 4.79 Å². The van der Waals surface area contributed by atoms with Gasteiger partial charge in [-0.25, -0.2) is 0 Å². The van der Waals surface area contributed by atoms with Gasteiger partial charge in [-0.05, 0) is 42.2 Å². The zero-order valence-electron chi connectivity index (χ0n) is 16.5. The highest BCUT2D eigenvalue weighted by atomic mass is 16.5. The third-order valence-electron chi connectivity index (χ3n) is 5.16. The summed E-state index contributed by atoms with van der Waals surface area (Å²) in [5.41, 5.74) is 4.98. The summed E-state index contributed by atoms with van der Waals surface area (Å²) in [6.07, 6.45) is 0.943. The first kappa shape index (κ1) is 19.2. The second kappa shape index (κ2) is 8.44. The van der Waals surface area contributed by atoms with Gasteiger partial charge >= 0.3 is 0 Å². The summed E-state index contributed by atoms with van der Waals surface area (Å²) in [6, 6.07) is 12.9. The van der Waals surface area contributed by atoms with Gasteiger partial charge in [-0.2, -0.15) is 0 Å². The van der Waals surface area contributed by atoms with Crippen molar-refractivity contribution in [2.75, 3.05) is 27.3 Å². The van der Waals surface area contributed by atoms with Gasteiger partial charge in [0.1, 0.15) is 0 Å². The van der Waals surface area contributed by atoms with Gasteiger partial charge in [-0.15, -0.1) is 0 Å². The first-order chi connectivity index (χ1) is 13.0. The first-order valence-electron chi connectivity index (χ1n) is 9.30. The first-order valence-corrected chi connectivity index (χ1v) is 9.30. The number of nitrogens with zero attached hydrogens (tertiary/aromatic N) is 1. The highest BCUT2D eigenvalue weighted by Crippen LogP contribution is 2.38. The van der Waals surface area contributed by atoms with Gasteiger partial charge in [0.05, 0.1) is 20.3 Å². The Hall–Kier alpha value is -2.53. The molecule has 1 N–H and O–H groups in total. The molecule has 5 heteroatoms. The molecule has 3 rings (SSSR count). The van der Waals surface area contributed by atoms with Crippen molar-refractivity contribution in [1.29, 1.82) is 0 Å². The Balaban J connectivity index is 1.93. The molecule has 0 saturated carbocycles. The lowest BCUT2D eigenvalue weighted by molar-refractivity contribution is -0.119. The molecule has 2 aromatic rings. The molecule has 144 valence electrons. The van der Waals surface area contributed by atoms with Crippen molar-refractivity contribution in [1.82, 2.24) is 10.2 Å². The van der Waals surface area contributed by atoms with Crippen molar-refractivity contribution in [3.8, 4) is 11.5 Å². The van der Waals surface area contributed by atoms with E-state index in [4.69, 9.17) is 9.47 Å². The number of ether oxygens (including phenoxy) is 2. The van der Waals surface area contributed by atoms with Crippen molar-refractivity contribution in [2.45, 2.75) is 32.9 Å². The van der Waals surface area contributed by atoms with Gasteiger partial charge in [0, 0.05) is 26.6 Å². The number of carbonyl (C=O) groups is 1. The van der Waals surface area contributed by atoms with Crippen LogP contribution in [0.4, 0.5) is 0 Å².